The van der Waals surface area contributed by atoms with Crippen LogP contribution in [0, 0.1) is 0 Å². The van der Waals surface area contributed by atoms with E-state index >= 15 is 0 Å². The molecule has 2 unspecified atom stereocenters. The van der Waals surface area contributed by atoms with Gasteiger partial charge in [0.15, 0.2) is 0 Å². The van der Waals surface area contributed by atoms with Crippen LogP contribution in [0.1, 0.15) is 540 Å². The van der Waals surface area contributed by atoms with Gasteiger partial charge in [-0.2, -0.15) is 0 Å². The molecule has 0 fully saturated rings. The van der Waals surface area contributed by atoms with Gasteiger partial charge in [0.2, 0.25) is 5.91 Å². The third-order valence-electron chi connectivity index (χ3n) is 21.9. The number of carbonyl (C=O) groups is 2. The predicted molar refractivity (Wildman–Crippen MR) is 426 cm³/mol. The van der Waals surface area contributed by atoms with Crippen LogP contribution in [-0.4, -0.2) is 47.4 Å². The Labute approximate surface area is 604 Å². The smallest absolute Gasteiger partial charge is 0.305 e. The third-order valence-corrected chi connectivity index (χ3v) is 21.9. The van der Waals surface area contributed by atoms with Crippen LogP contribution >= 0.6 is 0 Å². The van der Waals surface area contributed by atoms with Crippen molar-refractivity contribution < 1.29 is 24.5 Å². The molecule has 0 aromatic carbocycles. The van der Waals surface area contributed by atoms with Crippen molar-refractivity contribution in [3.05, 3.63) is 0 Å². The lowest BCUT2D eigenvalue weighted by Gasteiger charge is -2.22. The number of nitrogens with one attached hydrogen (secondary N) is 1. The molecule has 0 aromatic rings. The van der Waals surface area contributed by atoms with Gasteiger partial charge in [-0.15, -0.1) is 0 Å². The topological polar surface area (TPSA) is 95.9 Å². The summed E-state index contributed by atoms with van der Waals surface area (Å²) < 4.78 is 5.53. The third kappa shape index (κ3) is 81.8. The van der Waals surface area contributed by atoms with Crippen LogP contribution in [0.15, 0.2) is 0 Å². The van der Waals surface area contributed by atoms with Gasteiger partial charge in [-0.25, -0.2) is 0 Å². The fourth-order valence-electron chi connectivity index (χ4n) is 15.1. The molecule has 3 N–H and O–H groups in total. The van der Waals surface area contributed by atoms with Crippen molar-refractivity contribution in [3.63, 3.8) is 0 Å². The van der Waals surface area contributed by atoms with Crippen LogP contribution in [0.2, 0.25) is 0 Å². The van der Waals surface area contributed by atoms with Crippen molar-refractivity contribution in [2.45, 2.75) is 553 Å². The van der Waals surface area contributed by atoms with E-state index in [0.29, 0.717) is 25.9 Å². The van der Waals surface area contributed by atoms with Gasteiger partial charge < -0.3 is 20.3 Å². The molecule has 0 bridgehead atoms. The quantitative estimate of drug-likeness (QED) is 0.0417. The zero-order valence-electron chi connectivity index (χ0n) is 66.2. The SMILES string of the molecule is CCCCCCCCCCCCCCCCCCCCCCCCCCCC(O)C(CO)NC(=O)CCCCCCCCCCCCCCCCCCCCCCCCCCCCCCCCCCCCCOC(=O)CCCCCCCCCCCCCCCCCCCCC. The fraction of sp³-hybridized carbons (Fsp3) is 0.978. The number of unbranched alkanes of at least 4 members (excludes halogenated alkanes) is 76. The van der Waals surface area contributed by atoms with E-state index in [1.807, 2.05) is 0 Å². The molecule has 0 saturated heterocycles. The van der Waals surface area contributed by atoms with Gasteiger partial charge in [-0.3, -0.25) is 9.59 Å². The van der Waals surface area contributed by atoms with Crippen molar-refractivity contribution in [3.8, 4) is 0 Å². The maximum atomic E-state index is 12.6. The van der Waals surface area contributed by atoms with Crippen LogP contribution in [0.25, 0.3) is 0 Å². The number of hydrogen-bond donors (Lipinski definition) is 3. The second-order valence-corrected chi connectivity index (χ2v) is 31.7. The number of hydrogen-bond acceptors (Lipinski definition) is 5. The van der Waals surface area contributed by atoms with Crippen LogP contribution in [0.5, 0.6) is 0 Å². The van der Waals surface area contributed by atoms with Crippen molar-refractivity contribution in [1.82, 2.24) is 5.32 Å². The highest BCUT2D eigenvalue weighted by molar-refractivity contribution is 5.76. The molecule has 6 nitrogen and oxygen atoms in total. The molecule has 0 aliphatic carbocycles. The molecule has 0 spiro atoms. The standard InChI is InChI=1S/C90H179NO5/c1-3-5-7-9-11-13-15-17-19-21-23-24-25-37-40-43-47-50-54-58-62-66-70-74-78-82-88(93)87(86-92)91-89(94)83-79-75-71-67-63-59-55-51-48-44-41-38-35-33-31-29-27-26-28-30-32-34-36-39-42-45-49-53-57-61-65-69-73-77-81-85-96-90(95)84-80-76-72-68-64-60-56-52-46-22-20-18-16-14-12-10-8-6-4-2/h87-88,92-93H,3-86H2,1-2H3,(H,91,94). The average Bonchev–Trinajstić information content (AvgIpc) is 2.98. The van der Waals surface area contributed by atoms with Crippen LogP contribution < -0.4 is 5.32 Å². The molecule has 6 heteroatoms. The molecule has 0 aromatic heterocycles. The van der Waals surface area contributed by atoms with E-state index < -0.39 is 12.1 Å². The van der Waals surface area contributed by atoms with E-state index in [1.54, 1.807) is 0 Å². The molecule has 0 aliphatic heterocycles. The summed E-state index contributed by atoms with van der Waals surface area (Å²) in [6.45, 7) is 5.04. The number of amides is 1. The number of carbonyl (C=O) groups excluding carboxylic acids is 2. The first-order valence-corrected chi connectivity index (χ1v) is 45.3. The molecular formula is C90H179NO5. The van der Waals surface area contributed by atoms with Gasteiger partial charge in [-0.05, 0) is 25.7 Å². The second kappa shape index (κ2) is 86.3. The van der Waals surface area contributed by atoms with E-state index in [1.165, 1.54) is 469 Å². The van der Waals surface area contributed by atoms with Crippen LogP contribution in [0.4, 0.5) is 0 Å². The summed E-state index contributed by atoms with van der Waals surface area (Å²) in [4.78, 5) is 24.7. The Balaban J connectivity index is 3.30. The molecule has 1 amide bonds. The molecule has 0 saturated carbocycles. The minimum atomic E-state index is -0.662. The first kappa shape index (κ1) is 94.9. The minimum Gasteiger partial charge on any atom is -0.466 e. The Bertz CT molecular complexity index is 1420. The van der Waals surface area contributed by atoms with Gasteiger partial charge in [0.25, 0.3) is 0 Å². The van der Waals surface area contributed by atoms with Gasteiger partial charge in [0, 0.05) is 12.8 Å². The van der Waals surface area contributed by atoms with E-state index in [4.69, 9.17) is 4.74 Å². The van der Waals surface area contributed by atoms with Gasteiger partial charge in [0.1, 0.15) is 0 Å². The highest BCUT2D eigenvalue weighted by Gasteiger charge is 2.20. The first-order chi connectivity index (χ1) is 47.5. The van der Waals surface area contributed by atoms with Gasteiger partial charge in [0.05, 0.1) is 25.4 Å². The summed E-state index contributed by atoms with van der Waals surface area (Å²) in [5, 5.41) is 23.5. The summed E-state index contributed by atoms with van der Waals surface area (Å²) in [6, 6.07) is -0.538. The molecule has 0 rings (SSSR count). The van der Waals surface area contributed by atoms with E-state index in [2.05, 4.69) is 19.2 Å². The zero-order chi connectivity index (χ0) is 69.1. The molecule has 2 atom stereocenters. The number of esters is 1. The van der Waals surface area contributed by atoms with Crippen molar-refractivity contribution in [2.75, 3.05) is 13.2 Å². The Morgan fingerprint density at radius 2 is 0.427 bits per heavy atom. The van der Waals surface area contributed by atoms with E-state index in [9.17, 15) is 19.8 Å². The highest BCUT2D eigenvalue weighted by atomic mass is 16.5. The van der Waals surface area contributed by atoms with E-state index in [-0.39, 0.29) is 18.5 Å². The maximum absolute atomic E-state index is 12.6. The first-order valence-electron chi connectivity index (χ1n) is 45.3. The Morgan fingerprint density at radius 3 is 0.635 bits per heavy atom. The van der Waals surface area contributed by atoms with Gasteiger partial charge >= 0.3 is 5.97 Å². The average molecular weight is 1360 g/mol. The number of ether oxygens (including phenoxy) is 1. The van der Waals surface area contributed by atoms with Crippen LogP contribution in [-0.2, 0) is 14.3 Å². The summed E-state index contributed by atoms with van der Waals surface area (Å²) >= 11 is 0. The molecule has 0 radical (unpaired) electrons. The molecule has 574 valence electrons. The van der Waals surface area contributed by atoms with Gasteiger partial charge in [-0.1, -0.05) is 502 Å². The molecule has 0 aliphatic rings. The summed E-state index contributed by atoms with van der Waals surface area (Å²) in [6.07, 6.45) is 110. The zero-order valence-corrected chi connectivity index (χ0v) is 66.2. The van der Waals surface area contributed by atoms with E-state index in [0.717, 1.165) is 38.5 Å². The Kier molecular flexibility index (Phi) is 85.2. The second-order valence-electron chi connectivity index (χ2n) is 31.7. The predicted octanol–water partition coefficient (Wildman–Crippen LogP) is 30.4. The monoisotopic (exact) mass is 1350 g/mol. The maximum Gasteiger partial charge on any atom is 0.305 e. The van der Waals surface area contributed by atoms with Crippen molar-refractivity contribution >= 4 is 11.9 Å². The lowest BCUT2D eigenvalue weighted by molar-refractivity contribution is -0.143. The summed E-state index contributed by atoms with van der Waals surface area (Å²) in [7, 11) is 0. The summed E-state index contributed by atoms with van der Waals surface area (Å²) in [5.41, 5.74) is 0. The molecule has 96 heavy (non-hydrogen) atoms. The van der Waals surface area contributed by atoms with Crippen molar-refractivity contribution in [2.24, 2.45) is 0 Å². The number of aliphatic hydroxyl groups is 2. The molecular weight excluding hydrogens is 1170 g/mol. The highest BCUT2D eigenvalue weighted by Crippen LogP contribution is 2.22. The largest absolute Gasteiger partial charge is 0.466 e. The lowest BCUT2D eigenvalue weighted by atomic mass is 10.0. The molecule has 0 heterocycles. The number of aliphatic hydroxyl groups excluding tert-OH is 2. The van der Waals surface area contributed by atoms with Crippen molar-refractivity contribution in [1.29, 1.82) is 0 Å². The Morgan fingerprint density at radius 1 is 0.250 bits per heavy atom. The lowest BCUT2D eigenvalue weighted by Crippen LogP contribution is -2.45. The minimum absolute atomic E-state index is 0.0223. The van der Waals surface area contributed by atoms with Crippen LogP contribution in [0.3, 0.4) is 0 Å². The Hall–Kier alpha value is -1.14. The summed E-state index contributed by atoms with van der Waals surface area (Å²) in [5.74, 6) is 0.00708. The fourth-order valence-corrected chi connectivity index (χ4v) is 15.1. The number of rotatable bonds is 87. The normalized spacial score (nSPS) is 12.3.